The van der Waals surface area contributed by atoms with Gasteiger partial charge in [-0.3, -0.25) is 24.3 Å². The van der Waals surface area contributed by atoms with Crippen LogP contribution in [0.5, 0.6) is 5.75 Å². The van der Waals surface area contributed by atoms with Gasteiger partial charge >= 0.3 is 5.69 Å². The molecule has 0 aliphatic heterocycles. The third kappa shape index (κ3) is 4.32. The Morgan fingerprint density at radius 3 is 2.72 bits per heavy atom. The number of aromatic hydroxyl groups is 1. The molecular formula is C28H21N5O5S. The van der Waals surface area contributed by atoms with Crippen LogP contribution in [0.25, 0.3) is 26.7 Å². The summed E-state index contributed by atoms with van der Waals surface area (Å²) < 4.78 is 1.49. The molecule has 1 aliphatic carbocycles. The first kappa shape index (κ1) is 24.4. The number of rotatable bonds is 5. The summed E-state index contributed by atoms with van der Waals surface area (Å²) in [6.07, 6.45) is 6.76. The molecule has 11 heteroatoms. The Morgan fingerprint density at radius 2 is 1.92 bits per heavy atom. The van der Waals surface area contributed by atoms with Gasteiger partial charge in [0.1, 0.15) is 11.2 Å². The average molecular weight is 540 g/mol. The summed E-state index contributed by atoms with van der Waals surface area (Å²) in [5, 5.41) is 27.5. The number of hydrogen-bond acceptors (Lipinski definition) is 8. The third-order valence-electron chi connectivity index (χ3n) is 6.88. The van der Waals surface area contributed by atoms with Crippen molar-refractivity contribution in [1.82, 2.24) is 15.0 Å². The Morgan fingerprint density at radius 1 is 1.15 bits per heavy atom. The maximum absolute atomic E-state index is 13.3. The molecule has 0 unspecified atom stereocenters. The van der Waals surface area contributed by atoms with Crippen LogP contribution >= 0.6 is 11.3 Å². The number of phenolic OH excluding ortho intramolecular Hbond substituents is 1. The van der Waals surface area contributed by atoms with Crippen LogP contribution in [0.1, 0.15) is 39.2 Å². The number of amides is 1. The number of benzene rings is 3. The second-order valence-corrected chi connectivity index (χ2v) is 10.3. The predicted molar refractivity (Wildman–Crippen MR) is 149 cm³/mol. The Kier molecular flexibility index (Phi) is 6.12. The van der Waals surface area contributed by atoms with Crippen LogP contribution in [0, 0.1) is 10.1 Å². The molecule has 2 aromatic heterocycles. The first-order chi connectivity index (χ1) is 18.9. The second-order valence-electron chi connectivity index (χ2n) is 9.19. The molecule has 1 aliphatic rings. The quantitative estimate of drug-likeness (QED) is 0.186. The van der Waals surface area contributed by atoms with Gasteiger partial charge in [-0.2, -0.15) is 5.10 Å². The van der Waals surface area contributed by atoms with Crippen LogP contribution in [0.4, 0.5) is 5.69 Å². The molecule has 3 aromatic carbocycles. The van der Waals surface area contributed by atoms with E-state index in [2.05, 4.69) is 15.5 Å². The maximum atomic E-state index is 13.3. The van der Waals surface area contributed by atoms with Gasteiger partial charge in [0.15, 0.2) is 0 Å². The SMILES string of the molecule is O=C(N/N=C\c1c(O)c([N+](=O)[O-])cc2ccccc12)c1ccc(-n2cnc3sc4c(c3c2=O)CCCC4)cc1. The summed E-state index contributed by atoms with van der Waals surface area (Å²) in [4.78, 5) is 43.2. The summed E-state index contributed by atoms with van der Waals surface area (Å²) >= 11 is 1.59. The molecule has 0 saturated heterocycles. The molecule has 194 valence electrons. The van der Waals surface area contributed by atoms with Gasteiger partial charge in [-0.15, -0.1) is 11.3 Å². The molecule has 2 N–H and O–H groups in total. The van der Waals surface area contributed by atoms with E-state index in [1.165, 1.54) is 28.1 Å². The fourth-order valence-corrected chi connectivity index (χ4v) is 6.16. The zero-order valence-corrected chi connectivity index (χ0v) is 21.3. The second kappa shape index (κ2) is 9.76. The third-order valence-corrected chi connectivity index (χ3v) is 8.08. The van der Waals surface area contributed by atoms with Crippen molar-refractivity contribution >= 4 is 50.1 Å². The molecule has 5 aromatic rings. The minimum absolute atomic E-state index is 0.119. The number of fused-ring (bicyclic) bond motifs is 4. The first-order valence-corrected chi connectivity index (χ1v) is 13.1. The van der Waals surface area contributed by atoms with Crippen molar-refractivity contribution in [2.45, 2.75) is 25.7 Å². The molecular weight excluding hydrogens is 518 g/mol. The topological polar surface area (TPSA) is 140 Å². The molecule has 1 amide bonds. The molecule has 0 bridgehead atoms. The van der Waals surface area contributed by atoms with Crippen LogP contribution in [0.2, 0.25) is 0 Å². The number of thiophene rings is 1. The number of carbonyl (C=O) groups excluding carboxylic acids is 1. The van der Waals surface area contributed by atoms with E-state index >= 15 is 0 Å². The first-order valence-electron chi connectivity index (χ1n) is 12.3. The molecule has 6 rings (SSSR count). The lowest BCUT2D eigenvalue weighted by Gasteiger charge is -2.10. The molecule has 2 heterocycles. The van der Waals surface area contributed by atoms with Gasteiger partial charge in [-0.05, 0) is 66.3 Å². The number of aromatic nitrogens is 2. The Balaban J connectivity index is 1.24. The van der Waals surface area contributed by atoms with Crippen molar-refractivity contribution in [3.05, 3.63) is 103 Å². The van der Waals surface area contributed by atoms with Gasteiger partial charge in [-0.1, -0.05) is 24.3 Å². The summed E-state index contributed by atoms with van der Waals surface area (Å²) in [7, 11) is 0. The number of hydrazone groups is 1. The maximum Gasteiger partial charge on any atom is 0.312 e. The number of nitro groups is 1. The summed E-state index contributed by atoms with van der Waals surface area (Å²) in [6.45, 7) is 0. The van der Waals surface area contributed by atoms with E-state index in [0.717, 1.165) is 36.1 Å². The zero-order valence-electron chi connectivity index (χ0n) is 20.5. The van der Waals surface area contributed by atoms with Crippen LogP contribution < -0.4 is 11.0 Å². The highest BCUT2D eigenvalue weighted by Crippen LogP contribution is 2.35. The Hall–Kier alpha value is -4.90. The van der Waals surface area contributed by atoms with E-state index in [1.807, 2.05) is 0 Å². The number of phenols is 1. The number of nitro benzene ring substituents is 1. The zero-order chi connectivity index (χ0) is 27.1. The number of nitrogens with zero attached hydrogens (tertiary/aromatic N) is 4. The van der Waals surface area contributed by atoms with Crippen LogP contribution in [0.3, 0.4) is 0 Å². The number of aryl methyl sites for hydroxylation is 2. The molecule has 0 radical (unpaired) electrons. The van der Waals surface area contributed by atoms with Crippen LogP contribution in [-0.2, 0) is 12.8 Å². The number of carbonyl (C=O) groups is 1. The monoisotopic (exact) mass is 539 g/mol. The van der Waals surface area contributed by atoms with Gasteiger partial charge in [0.2, 0.25) is 5.75 Å². The van der Waals surface area contributed by atoms with E-state index in [1.54, 1.807) is 59.9 Å². The lowest BCUT2D eigenvalue weighted by Crippen LogP contribution is -2.20. The van der Waals surface area contributed by atoms with Crippen molar-refractivity contribution in [3.63, 3.8) is 0 Å². The molecule has 0 fully saturated rings. The van der Waals surface area contributed by atoms with E-state index < -0.39 is 22.3 Å². The lowest BCUT2D eigenvalue weighted by molar-refractivity contribution is -0.385. The Bertz CT molecular complexity index is 1870. The van der Waals surface area contributed by atoms with Crippen LogP contribution in [0.15, 0.2) is 70.8 Å². The average Bonchev–Trinajstić information content (AvgIpc) is 3.33. The molecule has 39 heavy (non-hydrogen) atoms. The van der Waals surface area contributed by atoms with Crippen molar-refractivity contribution < 1.29 is 14.8 Å². The van der Waals surface area contributed by atoms with E-state index in [-0.39, 0.29) is 11.1 Å². The smallest absolute Gasteiger partial charge is 0.312 e. The minimum atomic E-state index is -0.676. The summed E-state index contributed by atoms with van der Waals surface area (Å²) in [6, 6.07) is 14.6. The number of nitrogens with one attached hydrogen (secondary N) is 1. The van der Waals surface area contributed by atoms with E-state index in [9.17, 15) is 24.8 Å². The largest absolute Gasteiger partial charge is 0.502 e. The fourth-order valence-electron chi connectivity index (χ4n) is 4.94. The summed E-state index contributed by atoms with van der Waals surface area (Å²) in [5.41, 5.74) is 3.91. The fraction of sp³-hybridized carbons (Fsp3) is 0.143. The lowest BCUT2D eigenvalue weighted by atomic mass is 9.97. The van der Waals surface area contributed by atoms with E-state index in [4.69, 9.17) is 0 Å². The van der Waals surface area contributed by atoms with Crippen molar-refractivity contribution in [1.29, 1.82) is 0 Å². The standard InChI is InChI=1S/C28H21N5O5S/c34-25-21(19-6-2-1-5-17(19)13-22(25)33(37)38)14-30-31-26(35)16-9-11-18(12-10-16)32-15-29-27-24(28(32)36)20-7-3-4-8-23(20)39-27/h1-2,5-6,9-15,34H,3-4,7-8H2,(H,31,35)/b30-14-. The Labute approximate surface area is 225 Å². The van der Waals surface area contributed by atoms with Crippen molar-refractivity contribution in [3.8, 4) is 11.4 Å². The summed E-state index contributed by atoms with van der Waals surface area (Å²) in [5.74, 6) is -1.07. The van der Waals surface area contributed by atoms with Crippen molar-refractivity contribution in [2.24, 2.45) is 5.10 Å². The van der Waals surface area contributed by atoms with Gasteiger partial charge in [0.25, 0.3) is 11.5 Å². The van der Waals surface area contributed by atoms with Gasteiger partial charge in [-0.25, -0.2) is 10.4 Å². The molecule has 10 nitrogen and oxygen atoms in total. The highest BCUT2D eigenvalue weighted by Gasteiger charge is 2.21. The predicted octanol–water partition coefficient (Wildman–Crippen LogP) is 4.86. The van der Waals surface area contributed by atoms with Crippen molar-refractivity contribution in [2.75, 3.05) is 0 Å². The highest BCUT2D eigenvalue weighted by molar-refractivity contribution is 7.18. The normalized spacial score (nSPS) is 13.1. The van der Waals surface area contributed by atoms with Gasteiger partial charge < -0.3 is 5.11 Å². The van der Waals surface area contributed by atoms with E-state index in [0.29, 0.717) is 27.4 Å². The van der Waals surface area contributed by atoms with Crippen LogP contribution in [-0.4, -0.2) is 31.7 Å². The minimum Gasteiger partial charge on any atom is -0.502 e. The molecule has 0 spiro atoms. The van der Waals surface area contributed by atoms with Gasteiger partial charge in [0, 0.05) is 16.5 Å². The molecule has 0 atom stereocenters. The van der Waals surface area contributed by atoms with Gasteiger partial charge in [0.05, 0.1) is 27.8 Å². The molecule has 0 saturated carbocycles. The number of hydrogen-bond donors (Lipinski definition) is 2. The highest BCUT2D eigenvalue weighted by atomic mass is 32.1.